The molecule has 7 heteroatoms. The van der Waals surface area contributed by atoms with Gasteiger partial charge in [0.15, 0.2) is 0 Å². The molecule has 2 aromatic carbocycles. The fraction of sp³-hybridized carbons (Fsp3) is 0.364. The summed E-state index contributed by atoms with van der Waals surface area (Å²) in [6.07, 6.45) is 1.60. The highest BCUT2D eigenvalue weighted by molar-refractivity contribution is 7.92. The van der Waals surface area contributed by atoms with Crippen LogP contribution in [0.2, 0.25) is 0 Å². The van der Waals surface area contributed by atoms with Crippen molar-refractivity contribution in [2.75, 3.05) is 23.9 Å². The summed E-state index contributed by atoms with van der Waals surface area (Å²) in [5.41, 5.74) is 2.02. The molecule has 0 saturated carbocycles. The molecule has 0 radical (unpaired) electrons. The first-order chi connectivity index (χ1) is 13.9. The molecule has 1 aliphatic heterocycles. The van der Waals surface area contributed by atoms with Gasteiger partial charge in [0.2, 0.25) is 0 Å². The van der Waals surface area contributed by atoms with E-state index in [1.54, 1.807) is 24.0 Å². The van der Waals surface area contributed by atoms with Crippen LogP contribution in [0.25, 0.3) is 0 Å². The second kappa shape index (κ2) is 8.66. The number of hydrogen-bond donors (Lipinski definition) is 0. The van der Waals surface area contributed by atoms with Gasteiger partial charge in [-0.15, -0.1) is 0 Å². The Kier molecular flexibility index (Phi) is 6.23. The number of amides is 1. The number of carbonyl (C=O) groups excluding carboxylic acids is 1. The summed E-state index contributed by atoms with van der Waals surface area (Å²) in [6, 6.07) is 15.8. The number of hydrogen-bond acceptors (Lipinski definition) is 4. The van der Waals surface area contributed by atoms with Gasteiger partial charge < -0.3 is 4.90 Å². The summed E-state index contributed by atoms with van der Waals surface area (Å²) in [5.74, 6) is -0.568. The van der Waals surface area contributed by atoms with Crippen LogP contribution in [-0.2, 0) is 16.4 Å². The van der Waals surface area contributed by atoms with Crippen molar-refractivity contribution in [3.63, 3.8) is 0 Å². The Morgan fingerprint density at radius 3 is 2.72 bits per heavy atom. The maximum Gasteiger partial charge on any atom is 0.264 e. The van der Waals surface area contributed by atoms with Crippen LogP contribution in [0, 0.1) is 17.2 Å². The smallest absolute Gasteiger partial charge is 0.264 e. The van der Waals surface area contributed by atoms with E-state index in [0.717, 1.165) is 18.4 Å². The predicted octanol–water partition coefficient (Wildman–Crippen LogP) is 3.45. The molecule has 0 fully saturated rings. The molecule has 1 atom stereocenters. The van der Waals surface area contributed by atoms with E-state index in [0.29, 0.717) is 30.9 Å². The van der Waals surface area contributed by atoms with Gasteiger partial charge >= 0.3 is 0 Å². The number of para-hydroxylation sites is 1. The number of aryl methyl sites for hydroxylation is 1. The standard InChI is InChI=1S/C22H25N3O3S/c1-3-24(16-17(2)15-23)22(26)19-9-6-11-20(14-19)29(27,28)25-13-7-10-18-8-4-5-12-21(18)25/h4-6,8-9,11-12,14,17H,3,7,10,13,16H2,1-2H3. The van der Waals surface area contributed by atoms with Crippen LogP contribution in [-0.4, -0.2) is 38.9 Å². The van der Waals surface area contributed by atoms with E-state index in [4.69, 9.17) is 5.26 Å². The molecule has 6 nitrogen and oxygen atoms in total. The molecule has 0 spiro atoms. The van der Waals surface area contributed by atoms with Crippen LogP contribution in [0.15, 0.2) is 53.4 Å². The van der Waals surface area contributed by atoms with Gasteiger partial charge in [0.25, 0.3) is 15.9 Å². The number of nitriles is 1. The number of fused-ring (bicyclic) bond motifs is 1. The highest BCUT2D eigenvalue weighted by Gasteiger charge is 2.29. The summed E-state index contributed by atoms with van der Waals surface area (Å²) in [5, 5.41) is 9.03. The quantitative estimate of drug-likeness (QED) is 0.729. The van der Waals surface area contributed by atoms with Crippen LogP contribution < -0.4 is 4.31 Å². The number of rotatable bonds is 6. The van der Waals surface area contributed by atoms with Crippen molar-refractivity contribution in [1.29, 1.82) is 5.26 Å². The van der Waals surface area contributed by atoms with E-state index in [9.17, 15) is 13.2 Å². The third kappa shape index (κ3) is 4.28. The first-order valence-corrected chi connectivity index (χ1v) is 11.2. The first kappa shape index (κ1) is 20.9. The van der Waals surface area contributed by atoms with Crippen LogP contribution in [0.5, 0.6) is 0 Å². The van der Waals surface area contributed by atoms with E-state index in [-0.39, 0.29) is 16.7 Å². The Morgan fingerprint density at radius 2 is 2.00 bits per heavy atom. The maximum absolute atomic E-state index is 13.3. The van der Waals surface area contributed by atoms with E-state index in [2.05, 4.69) is 6.07 Å². The Balaban J connectivity index is 1.93. The fourth-order valence-corrected chi connectivity index (χ4v) is 5.16. The molecule has 152 valence electrons. The highest BCUT2D eigenvalue weighted by atomic mass is 32.2. The highest BCUT2D eigenvalue weighted by Crippen LogP contribution is 2.32. The van der Waals surface area contributed by atoms with Gasteiger partial charge in [0.1, 0.15) is 0 Å². The molecule has 1 aliphatic rings. The van der Waals surface area contributed by atoms with Crippen LogP contribution in [0.4, 0.5) is 5.69 Å². The van der Waals surface area contributed by atoms with Gasteiger partial charge in [-0.2, -0.15) is 5.26 Å². The van der Waals surface area contributed by atoms with Crippen molar-refractivity contribution >= 4 is 21.6 Å². The predicted molar refractivity (Wildman–Crippen MR) is 112 cm³/mol. The summed E-state index contributed by atoms with van der Waals surface area (Å²) < 4.78 is 28.1. The van der Waals surface area contributed by atoms with Gasteiger partial charge in [-0.1, -0.05) is 24.3 Å². The molecule has 0 bridgehead atoms. The van der Waals surface area contributed by atoms with Gasteiger partial charge in [0, 0.05) is 25.2 Å². The van der Waals surface area contributed by atoms with E-state index in [1.807, 2.05) is 31.2 Å². The van der Waals surface area contributed by atoms with Crippen LogP contribution in [0.1, 0.15) is 36.2 Å². The average molecular weight is 412 g/mol. The van der Waals surface area contributed by atoms with Crippen molar-refractivity contribution < 1.29 is 13.2 Å². The second-order valence-corrected chi connectivity index (χ2v) is 9.07. The van der Waals surface area contributed by atoms with Crippen LogP contribution >= 0.6 is 0 Å². The molecule has 0 saturated heterocycles. The Hall–Kier alpha value is -2.85. The zero-order chi connectivity index (χ0) is 21.0. The molecule has 3 rings (SSSR count). The zero-order valence-electron chi connectivity index (χ0n) is 16.7. The zero-order valence-corrected chi connectivity index (χ0v) is 17.5. The molecule has 1 heterocycles. The monoisotopic (exact) mass is 411 g/mol. The molecule has 1 amide bonds. The van der Waals surface area contributed by atoms with Gasteiger partial charge in [-0.3, -0.25) is 9.10 Å². The SMILES string of the molecule is CCN(CC(C)C#N)C(=O)c1cccc(S(=O)(=O)N2CCCc3ccccc32)c1. The Bertz CT molecular complexity index is 1040. The number of benzene rings is 2. The molecular formula is C22H25N3O3S. The van der Waals surface area contributed by atoms with Gasteiger partial charge in [0.05, 0.1) is 22.6 Å². The van der Waals surface area contributed by atoms with E-state index >= 15 is 0 Å². The van der Waals surface area contributed by atoms with E-state index < -0.39 is 10.0 Å². The molecule has 0 aromatic heterocycles. The third-order valence-corrected chi connectivity index (χ3v) is 6.93. The van der Waals surface area contributed by atoms with Crippen molar-refractivity contribution in [2.24, 2.45) is 5.92 Å². The number of anilines is 1. The van der Waals surface area contributed by atoms with Crippen molar-refractivity contribution in [3.8, 4) is 6.07 Å². The average Bonchev–Trinajstić information content (AvgIpc) is 2.76. The van der Waals surface area contributed by atoms with Crippen molar-refractivity contribution in [1.82, 2.24) is 4.90 Å². The minimum absolute atomic E-state index is 0.101. The lowest BCUT2D eigenvalue weighted by Crippen LogP contribution is -2.36. The second-order valence-electron chi connectivity index (χ2n) is 7.21. The molecule has 0 N–H and O–H groups in total. The lowest BCUT2D eigenvalue weighted by molar-refractivity contribution is 0.0752. The third-order valence-electron chi connectivity index (χ3n) is 5.12. The maximum atomic E-state index is 13.3. The molecule has 0 aliphatic carbocycles. The van der Waals surface area contributed by atoms with Crippen LogP contribution in [0.3, 0.4) is 0 Å². The minimum Gasteiger partial charge on any atom is -0.338 e. The Labute approximate surface area is 172 Å². The number of carbonyl (C=O) groups is 1. The summed E-state index contributed by atoms with van der Waals surface area (Å²) >= 11 is 0. The van der Waals surface area contributed by atoms with E-state index in [1.165, 1.54) is 16.4 Å². The Morgan fingerprint density at radius 1 is 1.24 bits per heavy atom. The molecule has 1 unspecified atom stereocenters. The summed E-state index contributed by atoms with van der Waals surface area (Å²) in [4.78, 5) is 14.6. The minimum atomic E-state index is -3.78. The fourth-order valence-electron chi connectivity index (χ4n) is 3.58. The molecule has 29 heavy (non-hydrogen) atoms. The lowest BCUT2D eigenvalue weighted by Gasteiger charge is -2.30. The van der Waals surface area contributed by atoms with Crippen molar-refractivity contribution in [3.05, 3.63) is 59.7 Å². The topological polar surface area (TPSA) is 81.5 Å². The van der Waals surface area contributed by atoms with Gasteiger partial charge in [-0.05, 0) is 56.5 Å². The largest absolute Gasteiger partial charge is 0.338 e. The summed E-state index contributed by atoms with van der Waals surface area (Å²) in [7, 11) is -3.78. The molecule has 2 aromatic rings. The lowest BCUT2D eigenvalue weighted by atomic mass is 10.0. The summed E-state index contributed by atoms with van der Waals surface area (Å²) in [6.45, 7) is 4.76. The number of nitrogens with zero attached hydrogens (tertiary/aromatic N) is 3. The van der Waals surface area contributed by atoms with Gasteiger partial charge in [-0.25, -0.2) is 8.42 Å². The van der Waals surface area contributed by atoms with Crippen molar-refractivity contribution in [2.45, 2.75) is 31.6 Å². The number of sulfonamides is 1. The first-order valence-electron chi connectivity index (χ1n) is 9.78. The molecular weight excluding hydrogens is 386 g/mol. The normalized spacial score (nSPS) is 14.6.